The topological polar surface area (TPSA) is 39.1 Å². The third-order valence-corrected chi connectivity index (χ3v) is 3.02. The van der Waals surface area contributed by atoms with Gasteiger partial charge in [0.1, 0.15) is 0 Å². The number of aldehydes is 2. The van der Waals surface area contributed by atoms with Crippen molar-refractivity contribution in [1.29, 1.82) is 0 Å². The van der Waals surface area contributed by atoms with Gasteiger partial charge in [-0.25, -0.2) is 0 Å². The highest BCUT2D eigenvalue weighted by atomic mass is 16.1. The van der Waals surface area contributed by atoms with Gasteiger partial charge in [-0.1, -0.05) is 39.0 Å². The molecule has 0 atom stereocenters. The van der Waals surface area contributed by atoms with Crippen molar-refractivity contribution in [3.63, 3.8) is 0 Å². The number of aromatic nitrogens is 1. The van der Waals surface area contributed by atoms with Gasteiger partial charge < -0.3 is 4.57 Å². The van der Waals surface area contributed by atoms with Gasteiger partial charge in [0.05, 0.1) is 11.4 Å². The van der Waals surface area contributed by atoms with Crippen LogP contribution in [0.2, 0.25) is 0 Å². The maximum Gasteiger partial charge on any atom is 0.166 e. The van der Waals surface area contributed by atoms with Gasteiger partial charge >= 0.3 is 0 Å². The second-order valence-corrected chi connectivity index (χ2v) is 4.34. The molecule has 17 heavy (non-hydrogen) atoms. The largest absolute Gasteiger partial charge is 0.336 e. The Morgan fingerprint density at radius 3 is 2.00 bits per heavy atom. The molecule has 0 spiro atoms. The lowest BCUT2D eigenvalue weighted by atomic mass is 10.1. The summed E-state index contributed by atoms with van der Waals surface area (Å²) in [7, 11) is 0. The van der Waals surface area contributed by atoms with Crippen LogP contribution in [-0.2, 0) is 6.54 Å². The van der Waals surface area contributed by atoms with Gasteiger partial charge in [-0.05, 0) is 18.6 Å². The molecule has 3 heteroatoms. The molecule has 1 aromatic rings. The molecule has 1 heterocycles. The predicted molar refractivity (Wildman–Crippen MR) is 68.6 cm³/mol. The Morgan fingerprint density at radius 1 is 0.941 bits per heavy atom. The number of rotatable bonds is 9. The molecule has 0 radical (unpaired) electrons. The highest BCUT2D eigenvalue weighted by Gasteiger charge is 2.05. The number of nitrogens with zero attached hydrogens (tertiary/aromatic N) is 1. The number of hydrogen-bond acceptors (Lipinski definition) is 2. The Kier molecular flexibility index (Phi) is 6.30. The molecule has 1 aromatic heterocycles. The zero-order valence-electron chi connectivity index (χ0n) is 10.5. The van der Waals surface area contributed by atoms with Crippen molar-refractivity contribution in [2.45, 2.75) is 52.0 Å². The quantitative estimate of drug-likeness (QED) is 0.485. The van der Waals surface area contributed by atoms with E-state index in [4.69, 9.17) is 0 Å². The van der Waals surface area contributed by atoms with Crippen LogP contribution in [0.25, 0.3) is 0 Å². The molecule has 0 N–H and O–H groups in total. The van der Waals surface area contributed by atoms with Crippen LogP contribution in [0.5, 0.6) is 0 Å². The van der Waals surface area contributed by atoms with Crippen LogP contribution in [0, 0.1) is 0 Å². The van der Waals surface area contributed by atoms with E-state index in [0.29, 0.717) is 11.4 Å². The van der Waals surface area contributed by atoms with Crippen LogP contribution in [0.15, 0.2) is 12.1 Å². The summed E-state index contributed by atoms with van der Waals surface area (Å²) in [6.07, 6.45) is 8.87. The molecule has 0 aliphatic carbocycles. The van der Waals surface area contributed by atoms with Crippen molar-refractivity contribution in [2.75, 3.05) is 0 Å². The summed E-state index contributed by atoms with van der Waals surface area (Å²) in [5.41, 5.74) is 1.20. The standard InChI is InChI=1S/C14H21NO2/c1-2-3-4-5-6-7-10-15-13(11-16)8-9-14(15)12-17/h8-9,11-12H,2-7,10H2,1H3. The van der Waals surface area contributed by atoms with Crippen molar-refractivity contribution in [3.05, 3.63) is 23.5 Å². The van der Waals surface area contributed by atoms with Crippen LogP contribution in [0.4, 0.5) is 0 Å². The third-order valence-electron chi connectivity index (χ3n) is 3.02. The smallest absolute Gasteiger partial charge is 0.166 e. The van der Waals surface area contributed by atoms with Crippen molar-refractivity contribution in [2.24, 2.45) is 0 Å². The van der Waals surface area contributed by atoms with Gasteiger partial charge in [-0.2, -0.15) is 0 Å². The molecular weight excluding hydrogens is 214 g/mol. The number of carbonyl (C=O) groups excluding carboxylic acids is 2. The van der Waals surface area contributed by atoms with Crippen molar-refractivity contribution in [1.82, 2.24) is 4.57 Å². The lowest BCUT2D eigenvalue weighted by molar-refractivity contribution is 0.111. The van der Waals surface area contributed by atoms with E-state index in [0.717, 1.165) is 32.0 Å². The summed E-state index contributed by atoms with van der Waals surface area (Å²) >= 11 is 0. The maximum absolute atomic E-state index is 10.8. The number of carbonyl (C=O) groups is 2. The van der Waals surface area contributed by atoms with Crippen LogP contribution < -0.4 is 0 Å². The van der Waals surface area contributed by atoms with Gasteiger partial charge in [0.2, 0.25) is 0 Å². The van der Waals surface area contributed by atoms with Crippen molar-refractivity contribution >= 4 is 12.6 Å². The zero-order chi connectivity index (χ0) is 12.5. The van der Waals surface area contributed by atoms with Gasteiger partial charge in [-0.3, -0.25) is 9.59 Å². The Hall–Kier alpha value is -1.38. The molecule has 0 aromatic carbocycles. The summed E-state index contributed by atoms with van der Waals surface area (Å²) in [4.78, 5) is 21.6. The fourth-order valence-electron chi connectivity index (χ4n) is 2.01. The molecule has 0 amide bonds. The first kappa shape index (κ1) is 13.7. The zero-order valence-corrected chi connectivity index (χ0v) is 10.5. The number of hydrogen-bond donors (Lipinski definition) is 0. The van der Waals surface area contributed by atoms with E-state index in [1.54, 1.807) is 16.7 Å². The lowest BCUT2D eigenvalue weighted by Gasteiger charge is -2.07. The van der Waals surface area contributed by atoms with E-state index in [2.05, 4.69) is 6.92 Å². The van der Waals surface area contributed by atoms with Crippen LogP contribution >= 0.6 is 0 Å². The molecule has 0 saturated carbocycles. The summed E-state index contributed by atoms with van der Waals surface area (Å²) in [6, 6.07) is 3.40. The monoisotopic (exact) mass is 235 g/mol. The fourth-order valence-corrected chi connectivity index (χ4v) is 2.01. The predicted octanol–water partition coefficient (Wildman–Crippen LogP) is 3.47. The molecule has 94 valence electrons. The van der Waals surface area contributed by atoms with Crippen LogP contribution in [0.1, 0.15) is 66.4 Å². The Balaban J connectivity index is 2.37. The lowest BCUT2D eigenvalue weighted by Crippen LogP contribution is -2.06. The summed E-state index contributed by atoms with van der Waals surface area (Å²) in [5, 5.41) is 0. The average molecular weight is 235 g/mol. The maximum atomic E-state index is 10.8. The van der Waals surface area contributed by atoms with Crippen molar-refractivity contribution < 1.29 is 9.59 Å². The van der Waals surface area contributed by atoms with E-state index in [1.807, 2.05) is 0 Å². The molecule has 0 aliphatic heterocycles. The SMILES string of the molecule is CCCCCCCCn1c(C=O)ccc1C=O. The van der Waals surface area contributed by atoms with E-state index < -0.39 is 0 Å². The molecule has 0 saturated heterocycles. The highest BCUT2D eigenvalue weighted by molar-refractivity contribution is 5.79. The van der Waals surface area contributed by atoms with Gasteiger partial charge in [0, 0.05) is 6.54 Å². The average Bonchev–Trinajstić information content (AvgIpc) is 2.75. The van der Waals surface area contributed by atoms with Gasteiger partial charge in [0.15, 0.2) is 12.6 Å². The highest BCUT2D eigenvalue weighted by Crippen LogP contribution is 2.10. The van der Waals surface area contributed by atoms with E-state index in [-0.39, 0.29) is 0 Å². The Morgan fingerprint density at radius 2 is 1.47 bits per heavy atom. The first-order valence-corrected chi connectivity index (χ1v) is 6.43. The Bertz CT molecular complexity index is 330. The third kappa shape index (κ3) is 4.17. The van der Waals surface area contributed by atoms with Crippen molar-refractivity contribution in [3.8, 4) is 0 Å². The van der Waals surface area contributed by atoms with E-state index in [1.165, 1.54) is 25.7 Å². The minimum atomic E-state index is 0.598. The molecule has 3 nitrogen and oxygen atoms in total. The second kappa shape index (κ2) is 7.82. The Labute approximate surface area is 103 Å². The normalized spacial score (nSPS) is 10.4. The minimum Gasteiger partial charge on any atom is -0.336 e. The van der Waals surface area contributed by atoms with Gasteiger partial charge in [-0.15, -0.1) is 0 Å². The second-order valence-electron chi connectivity index (χ2n) is 4.34. The first-order chi connectivity index (χ1) is 8.33. The summed E-state index contributed by atoms with van der Waals surface area (Å²) in [6.45, 7) is 2.97. The van der Waals surface area contributed by atoms with Gasteiger partial charge in [0.25, 0.3) is 0 Å². The molecular formula is C14H21NO2. The molecule has 0 bridgehead atoms. The molecule has 0 fully saturated rings. The molecule has 0 unspecified atom stereocenters. The van der Waals surface area contributed by atoms with Crippen LogP contribution in [0.3, 0.4) is 0 Å². The molecule has 1 rings (SSSR count). The fraction of sp³-hybridized carbons (Fsp3) is 0.571. The van der Waals surface area contributed by atoms with E-state index >= 15 is 0 Å². The first-order valence-electron chi connectivity index (χ1n) is 6.43. The van der Waals surface area contributed by atoms with Crippen LogP contribution in [-0.4, -0.2) is 17.1 Å². The summed E-state index contributed by atoms with van der Waals surface area (Å²) < 4.78 is 1.81. The summed E-state index contributed by atoms with van der Waals surface area (Å²) in [5.74, 6) is 0. The minimum absolute atomic E-state index is 0.598. The molecule has 0 aliphatic rings. The van der Waals surface area contributed by atoms with E-state index in [9.17, 15) is 9.59 Å². The number of unbranched alkanes of at least 4 members (excludes halogenated alkanes) is 5.